The van der Waals surface area contributed by atoms with Crippen molar-refractivity contribution in [2.24, 2.45) is 34.5 Å². The molecule has 0 aromatic carbocycles. The summed E-state index contributed by atoms with van der Waals surface area (Å²) in [5, 5.41) is 0. The van der Waals surface area contributed by atoms with Crippen LogP contribution < -0.4 is 0 Å². The van der Waals surface area contributed by atoms with E-state index in [1.54, 1.807) is 6.92 Å². The topological polar surface area (TPSA) is 158 Å². The first-order chi connectivity index (χ1) is 21.7. The Morgan fingerprint density at radius 3 is 2.17 bits per heavy atom. The summed E-state index contributed by atoms with van der Waals surface area (Å²) in [7, 11) is 0. The van der Waals surface area contributed by atoms with Gasteiger partial charge in [0.25, 0.3) is 0 Å². The lowest BCUT2D eigenvalue weighted by Gasteiger charge is -2.57. The predicted octanol–water partition coefficient (Wildman–Crippen LogP) is 5.00. The smallest absolute Gasteiger partial charge is 0.462 e. The third kappa shape index (κ3) is 8.47. The van der Waals surface area contributed by atoms with Crippen molar-refractivity contribution in [3.05, 3.63) is 11.6 Å². The minimum absolute atomic E-state index is 0.0800. The summed E-state index contributed by atoms with van der Waals surface area (Å²) in [4.78, 5) is 71.5. The van der Waals surface area contributed by atoms with Gasteiger partial charge in [0.1, 0.15) is 19.3 Å². The number of hydrogen-bond donors (Lipinski definition) is 0. The first-order valence-electron chi connectivity index (χ1n) is 16.4. The average Bonchev–Trinajstić information content (AvgIpc) is 3.30. The van der Waals surface area contributed by atoms with Crippen LogP contribution in [0.2, 0.25) is 0 Å². The molecule has 256 valence electrons. The second kappa shape index (κ2) is 15.0. The number of carbonyl (C=O) groups excluding carboxylic acids is 6. The number of ketones is 1. The second-order valence-electron chi connectivity index (χ2n) is 14.0. The van der Waals surface area contributed by atoms with Gasteiger partial charge in [0.05, 0.1) is 0 Å². The van der Waals surface area contributed by atoms with Crippen LogP contribution >= 0.6 is 0 Å². The zero-order chi connectivity index (χ0) is 33.6. The zero-order valence-electron chi connectivity index (χ0n) is 27.6. The molecule has 0 bridgehead atoms. The van der Waals surface area contributed by atoms with E-state index in [2.05, 4.69) is 13.8 Å². The summed E-state index contributed by atoms with van der Waals surface area (Å²) < 4.78 is 30.9. The van der Waals surface area contributed by atoms with Gasteiger partial charge in [0.2, 0.25) is 6.79 Å². The Balaban J connectivity index is 1.18. The lowest BCUT2D eigenvalue weighted by atomic mass is 9.47. The fourth-order valence-corrected chi connectivity index (χ4v) is 8.47. The first-order valence-corrected chi connectivity index (χ1v) is 16.4. The van der Waals surface area contributed by atoms with E-state index in [0.29, 0.717) is 24.2 Å². The van der Waals surface area contributed by atoms with Crippen molar-refractivity contribution in [3.8, 4) is 0 Å². The Kier molecular flexibility index (Phi) is 11.5. The van der Waals surface area contributed by atoms with E-state index in [1.165, 1.54) is 19.4 Å². The molecule has 0 saturated heterocycles. The van der Waals surface area contributed by atoms with Crippen LogP contribution in [0.3, 0.4) is 0 Å². The fraction of sp³-hybridized carbons (Fsp3) is 0.765. The average molecular weight is 649 g/mol. The number of rotatable bonds is 12. The Hall–Kier alpha value is -3.44. The number of fused-ring (bicyclic) bond motifs is 5. The number of ether oxygens (including phenoxy) is 6. The Morgan fingerprint density at radius 2 is 1.50 bits per heavy atom. The van der Waals surface area contributed by atoms with Crippen molar-refractivity contribution in [1.29, 1.82) is 0 Å². The predicted molar refractivity (Wildman–Crippen MR) is 161 cm³/mol. The van der Waals surface area contributed by atoms with Gasteiger partial charge >= 0.3 is 30.0 Å². The van der Waals surface area contributed by atoms with E-state index in [1.807, 2.05) is 6.08 Å². The highest BCUT2D eigenvalue weighted by Crippen LogP contribution is 2.65. The highest BCUT2D eigenvalue weighted by Gasteiger charge is 2.60. The molecule has 0 aromatic rings. The number of hydrogen-bond acceptors (Lipinski definition) is 12. The monoisotopic (exact) mass is 648 g/mol. The van der Waals surface area contributed by atoms with Gasteiger partial charge in [-0.05, 0) is 80.1 Å². The zero-order valence-corrected chi connectivity index (χ0v) is 27.6. The quantitative estimate of drug-likeness (QED) is 0.159. The van der Waals surface area contributed by atoms with Crippen molar-refractivity contribution >= 4 is 35.8 Å². The number of carbonyl (C=O) groups is 6. The van der Waals surface area contributed by atoms with Gasteiger partial charge < -0.3 is 28.4 Å². The molecule has 0 heterocycles. The van der Waals surface area contributed by atoms with Gasteiger partial charge in [-0.15, -0.1) is 0 Å². The molecule has 0 aliphatic heterocycles. The summed E-state index contributed by atoms with van der Waals surface area (Å²) in [6.07, 6.45) is 6.77. The van der Waals surface area contributed by atoms with Crippen LogP contribution in [0.15, 0.2) is 11.6 Å². The maximum absolute atomic E-state index is 12.6. The van der Waals surface area contributed by atoms with Gasteiger partial charge in [-0.1, -0.05) is 26.3 Å². The Morgan fingerprint density at radius 1 is 0.826 bits per heavy atom. The molecule has 0 radical (unpaired) electrons. The standard InChI is InChI=1S/C34H48O12/c1-20(15-31(39)45-25(17-41-21(2)35)18-42-22(3)36)14-30(38)43-19-44-32(40)46-29-9-8-27-26-7-6-23-16-24(37)10-12-33(23,4)28(26)11-13-34(27,29)5/h16,20,25-29H,6-15,17-19H2,1-5H3/t20?,26-,27-,28-,29-,33-,34-/m0/s1. The fourth-order valence-electron chi connectivity index (χ4n) is 8.47. The minimum Gasteiger partial charge on any atom is -0.462 e. The molecule has 0 aromatic heterocycles. The molecule has 3 fully saturated rings. The summed E-state index contributed by atoms with van der Waals surface area (Å²) in [5.74, 6) is -1.21. The molecule has 3 saturated carbocycles. The number of esters is 4. The summed E-state index contributed by atoms with van der Waals surface area (Å²) in [6.45, 7) is 7.45. The molecule has 12 heteroatoms. The lowest BCUT2D eigenvalue weighted by molar-refractivity contribution is -0.166. The van der Waals surface area contributed by atoms with Gasteiger partial charge in [0, 0.05) is 38.5 Å². The van der Waals surface area contributed by atoms with E-state index < -0.39 is 48.8 Å². The van der Waals surface area contributed by atoms with E-state index in [-0.39, 0.29) is 48.8 Å². The summed E-state index contributed by atoms with van der Waals surface area (Å²) >= 11 is 0. The Labute approximate surface area is 270 Å². The molecule has 4 aliphatic carbocycles. The maximum atomic E-state index is 12.6. The van der Waals surface area contributed by atoms with Crippen LogP contribution in [0.5, 0.6) is 0 Å². The van der Waals surface area contributed by atoms with E-state index in [0.717, 1.165) is 44.9 Å². The molecule has 12 nitrogen and oxygen atoms in total. The largest absolute Gasteiger partial charge is 0.511 e. The van der Waals surface area contributed by atoms with Gasteiger partial charge in [0.15, 0.2) is 11.9 Å². The highest BCUT2D eigenvalue weighted by molar-refractivity contribution is 5.91. The molecule has 4 aliphatic rings. The molecule has 0 amide bonds. The van der Waals surface area contributed by atoms with Crippen LogP contribution in [0.25, 0.3) is 0 Å². The van der Waals surface area contributed by atoms with E-state index in [9.17, 15) is 28.8 Å². The van der Waals surface area contributed by atoms with Gasteiger partial charge in [-0.2, -0.15) is 0 Å². The highest BCUT2D eigenvalue weighted by atomic mass is 16.8. The SMILES string of the molecule is CC(=O)OCC(COC(C)=O)OC(=O)CC(C)CC(=O)OCOC(=O)O[C@H]1CC[C@H]2[C@@H]3CCC4=CC(=O)CC[C@]4(C)[C@H]3CC[C@]12C. The van der Waals surface area contributed by atoms with Crippen LogP contribution in [-0.4, -0.2) is 68.0 Å². The summed E-state index contributed by atoms with van der Waals surface area (Å²) in [6, 6.07) is 0. The van der Waals surface area contributed by atoms with Crippen LogP contribution in [0, 0.1) is 34.5 Å². The minimum atomic E-state index is -0.980. The van der Waals surface area contributed by atoms with Crippen molar-refractivity contribution in [1.82, 2.24) is 0 Å². The molecule has 4 rings (SSSR count). The number of allylic oxidation sites excluding steroid dienone is 1. The van der Waals surface area contributed by atoms with Crippen molar-refractivity contribution in [3.63, 3.8) is 0 Å². The Bertz CT molecular complexity index is 1210. The summed E-state index contributed by atoms with van der Waals surface area (Å²) in [5.41, 5.74) is 1.25. The molecule has 0 N–H and O–H groups in total. The van der Waals surface area contributed by atoms with Gasteiger partial charge in [-0.3, -0.25) is 24.0 Å². The van der Waals surface area contributed by atoms with E-state index in [4.69, 9.17) is 28.4 Å². The lowest BCUT2D eigenvalue weighted by Crippen LogP contribution is -2.51. The third-order valence-corrected chi connectivity index (χ3v) is 10.8. The van der Waals surface area contributed by atoms with Gasteiger partial charge in [-0.25, -0.2) is 4.79 Å². The van der Waals surface area contributed by atoms with Crippen molar-refractivity contribution in [2.75, 3.05) is 20.0 Å². The van der Waals surface area contributed by atoms with Crippen LogP contribution in [-0.2, 0) is 52.4 Å². The molecular weight excluding hydrogens is 600 g/mol. The second-order valence-corrected chi connectivity index (χ2v) is 14.0. The normalized spacial score (nSPS) is 30.5. The van der Waals surface area contributed by atoms with Crippen molar-refractivity contribution in [2.45, 2.75) is 111 Å². The first kappa shape index (κ1) is 35.4. The molecular formula is C34H48O12. The van der Waals surface area contributed by atoms with Crippen LogP contribution in [0.1, 0.15) is 98.8 Å². The van der Waals surface area contributed by atoms with Crippen molar-refractivity contribution < 1.29 is 57.2 Å². The third-order valence-electron chi connectivity index (χ3n) is 10.8. The molecule has 46 heavy (non-hydrogen) atoms. The molecule has 7 atom stereocenters. The molecule has 0 spiro atoms. The molecule has 1 unspecified atom stereocenters. The van der Waals surface area contributed by atoms with Crippen LogP contribution in [0.4, 0.5) is 4.79 Å². The maximum Gasteiger partial charge on any atom is 0.511 e. The van der Waals surface area contributed by atoms with E-state index >= 15 is 0 Å².